The SMILES string of the molecule is Cc1cc(N2CC(C(=O)N(C)CC(=O)O)CC2=O)ccc1F. The van der Waals surface area contributed by atoms with Crippen LogP contribution in [0.3, 0.4) is 0 Å². The number of carboxylic acids is 1. The van der Waals surface area contributed by atoms with Crippen LogP contribution < -0.4 is 4.90 Å². The number of carbonyl (C=O) groups excluding carboxylic acids is 2. The van der Waals surface area contributed by atoms with Crippen LogP contribution in [0.15, 0.2) is 18.2 Å². The van der Waals surface area contributed by atoms with Crippen molar-refractivity contribution in [3.8, 4) is 0 Å². The summed E-state index contributed by atoms with van der Waals surface area (Å²) in [6.45, 7) is 1.37. The fourth-order valence-corrected chi connectivity index (χ4v) is 2.51. The monoisotopic (exact) mass is 308 g/mol. The van der Waals surface area contributed by atoms with E-state index in [9.17, 15) is 18.8 Å². The quantitative estimate of drug-likeness (QED) is 0.901. The second-order valence-electron chi connectivity index (χ2n) is 5.43. The van der Waals surface area contributed by atoms with Gasteiger partial charge < -0.3 is 14.9 Å². The maximum absolute atomic E-state index is 13.3. The maximum atomic E-state index is 13.3. The first-order valence-corrected chi connectivity index (χ1v) is 6.83. The van der Waals surface area contributed by atoms with E-state index in [1.807, 2.05) is 0 Å². The van der Waals surface area contributed by atoms with E-state index < -0.39 is 18.4 Å². The van der Waals surface area contributed by atoms with E-state index >= 15 is 0 Å². The molecule has 118 valence electrons. The van der Waals surface area contributed by atoms with Crippen LogP contribution in [0.4, 0.5) is 10.1 Å². The Kier molecular flexibility index (Phi) is 4.44. The molecule has 0 aliphatic carbocycles. The number of anilines is 1. The summed E-state index contributed by atoms with van der Waals surface area (Å²) in [6, 6.07) is 4.33. The lowest BCUT2D eigenvalue weighted by Crippen LogP contribution is -2.37. The molecular weight excluding hydrogens is 291 g/mol. The van der Waals surface area contributed by atoms with Crippen LogP contribution in [-0.2, 0) is 14.4 Å². The van der Waals surface area contributed by atoms with Gasteiger partial charge in [-0.25, -0.2) is 4.39 Å². The number of halogens is 1. The number of amides is 2. The minimum absolute atomic E-state index is 0.0270. The molecule has 7 heteroatoms. The van der Waals surface area contributed by atoms with Crippen molar-refractivity contribution in [2.75, 3.05) is 25.0 Å². The molecule has 22 heavy (non-hydrogen) atoms. The Morgan fingerprint density at radius 3 is 2.73 bits per heavy atom. The number of nitrogens with zero attached hydrogens (tertiary/aromatic N) is 2. The third-order valence-corrected chi connectivity index (χ3v) is 3.68. The predicted octanol–water partition coefficient (Wildman–Crippen LogP) is 1.03. The molecule has 1 atom stereocenters. The molecule has 1 aromatic rings. The minimum atomic E-state index is -1.11. The van der Waals surface area contributed by atoms with E-state index in [4.69, 9.17) is 5.11 Å². The van der Waals surface area contributed by atoms with Crippen LogP contribution >= 0.6 is 0 Å². The molecule has 2 rings (SSSR count). The Bertz CT molecular complexity index is 632. The molecule has 0 saturated carbocycles. The molecule has 0 spiro atoms. The van der Waals surface area contributed by atoms with Crippen molar-refractivity contribution in [3.63, 3.8) is 0 Å². The smallest absolute Gasteiger partial charge is 0.323 e. The fraction of sp³-hybridized carbons (Fsp3) is 0.400. The molecule has 2 amide bonds. The number of carbonyl (C=O) groups is 3. The number of rotatable bonds is 4. The Morgan fingerprint density at radius 1 is 1.45 bits per heavy atom. The third kappa shape index (κ3) is 3.24. The van der Waals surface area contributed by atoms with Crippen molar-refractivity contribution in [1.82, 2.24) is 4.90 Å². The van der Waals surface area contributed by atoms with E-state index in [0.29, 0.717) is 11.3 Å². The van der Waals surface area contributed by atoms with Gasteiger partial charge in [-0.3, -0.25) is 14.4 Å². The van der Waals surface area contributed by atoms with Crippen LogP contribution in [0.25, 0.3) is 0 Å². The molecule has 1 aromatic carbocycles. The summed E-state index contributed by atoms with van der Waals surface area (Å²) in [5, 5.41) is 8.71. The second-order valence-corrected chi connectivity index (χ2v) is 5.43. The van der Waals surface area contributed by atoms with Gasteiger partial charge in [-0.2, -0.15) is 0 Å². The zero-order valence-electron chi connectivity index (χ0n) is 12.4. The second kappa shape index (κ2) is 6.13. The molecule has 0 radical (unpaired) electrons. The van der Waals surface area contributed by atoms with Gasteiger partial charge in [0.15, 0.2) is 0 Å². The lowest BCUT2D eigenvalue weighted by Gasteiger charge is -2.20. The predicted molar refractivity (Wildman–Crippen MR) is 76.9 cm³/mol. The molecule has 1 heterocycles. The van der Waals surface area contributed by atoms with Crippen molar-refractivity contribution in [2.24, 2.45) is 5.92 Å². The van der Waals surface area contributed by atoms with Crippen LogP contribution in [0, 0.1) is 18.7 Å². The van der Waals surface area contributed by atoms with Crippen molar-refractivity contribution in [1.29, 1.82) is 0 Å². The first-order chi connectivity index (χ1) is 10.3. The van der Waals surface area contributed by atoms with Gasteiger partial charge in [0.25, 0.3) is 0 Å². The van der Waals surface area contributed by atoms with Gasteiger partial charge in [0, 0.05) is 25.7 Å². The van der Waals surface area contributed by atoms with Gasteiger partial charge in [0.1, 0.15) is 12.4 Å². The number of hydrogen-bond acceptors (Lipinski definition) is 3. The molecule has 6 nitrogen and oxygen atoms in total. The summed E-state index contributed by atoms with van der Waals surface area (Å²) >= 11 is 0. The van der Waals surface area contributed by atoms with Crippen molar-refractivity contribution in [3.05, 3.63) is 29.6 Å². The van der Waals surface area contributed by atoms with Gasteiger partial charge in [-0.1, -0.05) is 0 Å². The lowest BCUT2D eigenvalue weighted by molar-refractivity contribution is -0.145. The fourth-order valence-electron chi connectivity index (χ4n) is 2.51. The van der Waals surface area contributed by atoms with Gasteiger partial charge in [0.05, 0.1) is 5.92 Å². The number of benzene rings is 1. The largest absolute Gasteiger partial charge is 0.480 e. The van der Waals surface area contributed by atoms with Crippen LogP contribution in [0.5, 0.6) is 0 Å². The molecule has 1 saturated heterocycles. The molecule has 1 aliphatic heterocycles. The van der Waals surface area contributed by atoms with Gasteiger partial charge in [-0.15, -0.1) is 0 Å². The van der Waals surface area contributed by atoms with E-state index in [1.165, 1.54) is 24.1 Å². The summed E-state index contributed by atoms with van der Waals surface area (Å²) in [7, 11) is 1.39. The highest BCUT2D eigenvalue weighted by Gasteiger charge is 2.36. The number of carboxylic acid groups (broad SMARTS) is 1. The molecular formula is C15H17FN2O4. The highest BCUT2D eigenvalue weighted by Crippen LogP contribution is 2.27. The van der Waals surface area contributed by atoms with E-state index in [0.717, 1.165) is 4.90 Å². The topological polar surface area (TPSA) is 77.9 Å². The first-order valence-electron chi connectivity index (χ1n) is 6.83. The Hall–Kier alpha value is -2.44. The summed E-state index contributed by atoms with van der Waals surface area (Å²) in [6.07, 6.45) is 0.0270. The zero-order chi connectivity index (χ0) is 16.4. The zero-order valence-corrected chi connectivity index (χ0v) is 12.4. The Labute approximate surface area is 127 Å². The van der Waals surface area contributed by atoms with Gasteiger partial charge >= 0.3 is 5.97 Å². The Balaban J connectivity index is 2.11. The molecule has 0 aromatic heterocycles. The highest BCUT2D eigenvalue weighted by molar-refractivity contribution is 6.00. The van der Waals surface area contributed by atoms with Crippen molar-refractivity contribution < 1.29 is 23.9 Å². The minimum Gasteiger partial charge on any atom is -0.480 e. The number of likely N-dealkylation sites (N-methyl/N-ethyl adjacent to an activating group) is 1. The highest BCUT2D eigenvalue weighted by atomic mass is 19.1. The molecule has 1 unspecified atom stereocenters. The Morgan fingerprint density at radius 2 is 2.14 bits per heavy atom. The molecule has 1 N–H and O–H groups in total. The van der Waals surface area contributed by atoms with E-state index in [2.05, 4.69) is 0 Å². The summed E-state index contributed by atoms with van der Waals surface area (Å²) in [4.78, 5) is 37.4. The third-order valence-electron chi connectivity index (χ3n) is 3.68. The average molecular weight is 308 g/mol. The van der Waals surface area contributed by atoms with Crippen LogP contribution in [-0.4, -0.2) is 47.9 Å². The van der Waals surface area contributed by atoms with E-state index in [1.54, 1.807) is 13.0 Å². The number of aryl methyl sites for hydroxylation is 1. The number of hydrogen-bond donors (Lipinski definition) is 1. The van der Waals surface area contributed by atoms with Crippen molar-refractivity contribution in [2.45, 2.75) is 13.3 Å². The summed E-state index contributed by atoms with van der Waals surface area (Å²) in [5.74, 6) is -2.65. The summed E-state index contributed by atoms with van der Waals surface area (Å²) in [5.41, 5.74) is 0.961. The molecule has 0 bridgehead atoms. The van der Waals surface area contributed by atoms with Gasteiger partial charge in [-0.05, 0) is 30.7 Å². The van der Waals surface area contributed by atoms with Gasteiger partial charge in [0.2, 0.25) is 11.8 Å². The maximum Gasteiger partial charge on any atom is 0.323 e. The lowest BCUT2D eigenvalue weighted by atomic mass is 10.1. The molecule has 1 fully saturated rings. The normalized spacial score (nSPS) is 17.7. The number of aliphatic carboxylic acids is 1. The summed E-state index contributed by atoms with van der Waals surface area (Å²) < 4.78 is 13.3. The standard InChI is InChI=1S/C15H17FN2O4/c1-9-5-11(3-4-12(9)16)18-7-10(6-13(18)19)15(22)17(2)8-14(20)21/h3-5,10H,6-8H2,1-2H3,(H,20,21). The van der Waals surface area contributed by atoms with Crippen LogP contribution in [0.2, 0.25) is 0 Å². The first kappa shape index (κ1) is 15.9. The van der Waals surface area contributed by atoms with Crippen LogP contribution in [0.1, 0.15) is 12.0 Å². The molecule has 1 aliphatic rings. The van der Waals surface area contributed by atoms with Crippen molar-refractivity contribution >= 4 is 23.5 Å². The average Bonchev–Trinajstić information content (AvgIpc) is 2.82. The van der Waals surface area contributed by atoms with E-state index in [-0.39, 0.29) is 30.6 Å².